The number of rotatable bonds is 3. The molecule has 2 aliphatic heterocycles. The largest absolute Gasteiger partial charge is 0.336 e. The molecule has 21 heavy (non-hydrogen) atoms. The summed E-state index contributed by atoms with van der Waals surface area (Å²) >= 11 is 0. The van der Waals surface area contributed by atoms with Gasteiger partial charge in [0, 0.05) is 31.0 Å². The van der Waals surface area contributed by atoms with Crippen LogP contribution in [0.4, 0.5) is 16.2 Å². The molecule has 0 spiro atoms. The summed E-state index contributed by atoms with van der Waals surface area (Å²) in [6.07, 6.45) is 1.98. The fourth-order valence-corrected chi connectivity index (χ4v) is 2.76. The first kappa shape index (κ1) is 13.9. The van der Waals surface area contributed by atoms with Gasteiger partial charge in [-0.15, -0.1) is 0 Å². The Kier molecular flexibility index (Phi) is 4.06. The molecule has 0 aromatic heterocycles. The summed E-state index contributed by atoms with van der Waals surface area (Å²) in [6.45, 7) is 3.10. The zero-order valence-electron chi connectivity index (χ0n) is 11.9. The van der Waals surface area contributed by atoms with Gasteiger partial charge >= 0.3 is 6.03 Å². The molecular weight excluding hydrogens is 268 g/mol. The summed E-state index contributed by atoms with van der Waals surface area (Å²) in [5.41, 5.74) is 1.62. The molecule has 0 saturated carbocycles. The maximum Gasteiger partial charge on any atom is 0.321 e. The predicted molar refractivity (Wildman–Crippen MR) is 81.4 cm³/mol. The third-order valence-corrected chi connectivity index (χ3v) is 3.97. The Hall–Kier alpha value is -2.08. The number of carbonyl (C=O) groups excluding carboxylic acids is 2. The van der Waals surface area contributed by atoms with Crippen molar-refractivity contribution in [3.05, 3.63) is 24.3 Å². The maximum atomic E-state index is 12.1. The first-order chi connectivity index (χ1) is 10.2. The zero-order chi connectivity index (χ0) is 14.7. The minimum Gasteiger partial charge on any atom is -0.336 e. The van der Waals surface area contributed by atoms with E-state index in [4.69, 9.17) is 0 Å². The number of piperidine rings is 1. The Morgan fingerprint density at radius 3 is 2.67 bits per heavy atom. The summed E-state index contributed by atoms with van der Waals surface area (Å²) in [5.74, 6) is 0.108. The number of carbonyl (C=O) groups is 2. The van der Waals surface area contributed by atoms with Crippen molar-refractivity contribution in [1.29, 1.82) is 0 Å². The van der Waals surface area contributed by atoms with E-state index in [0.717, 1.165) is 37.3 Å². The lowest BCUT2D eigenvalue weighted by Crippen LogP contribution is -2.37. The second kappa shape index (κ2) is 6.13. The van der Waals surface area contributed by atoms with Crippen molar-refractivity contribution >= 4 is 23.3 Å². The molecule has 2 aliphatic rings. The highest BCUT2D eigenvalue weighted by Gasteiger charge is 2.22. The van der Waals surface area contributed by atoms with Crippen LogP contribution in [-0.2, 0) is 4.79 Å². The van der Waals surface area contributed by atoms with Gasteiger partial charge in [0.05, 0.1) is 5.92 Å². The van der Waals surface area contributed by atoms with Crippen LogP contribution < -0.4 is 20.9 Å². The van der Waals surface area contributed by atoms with Crippen LogP contribution in [-0.4, -0.2) is 38.1 Å². The Bertz CT molecular complexity index is 523. The van der Waals surface area contributed by atoms with Gasteiger partial charge in [-0.3, -0.25) is 9.69 Å². The molecule has 112 valence electrons. The van der Waals surface area contributed by atoms with E-state index in [9.17, 15) is 9.59 Å². The Balaban J connectivity index is 1.61. The molecule has 0 aliphatic carbocycles. The van der Waals surface area contributed by atoms with Crippen LogP contribution in [0.1, 0.15) is 12.8 Å². The van der Waals surface area contributed by atoms with Gasteiger partial charge in [-0.1, -0.05) is 0 Å². The molecule has 6 heteroatoms. The van der Waals surface area contributed by atoms with E-state index in [-0.39, 0.29) is 17.9 Å². The third-order valence-electron chi connectivity index (χ3n) is 3.97. The standard InChI is InChI=1S/C15H20N4O2/c20-14(11-2-1-7-16-10-11)18-12-3-5-13(6-4-12)19-9-8-17-15(19)21/h3-6,11,16H,1-2,7-10H2,(H,17,21)(H,18,20)/t11-/m1/s1. The highest BCUT2D eigenvalue weighted by Crippen LogP contribution is 2.20. The van der Waals surface area contributed by atoms with Crippen molar-refractivity contribution in [1.82, 2.24) is 10.6 Å². The fraction of sp³-hybridized carbons (Fsp3) is 0.467. The van der Waals surface area contributed by atoms with Crippen LogP contribution >= 0.6 is 0 Å². The Morgan fingerprint density at radius 1 is 1.24 bits per heavy atom. The lowest BCUT2D eigenvalue weighted by atomic mass is 9.99. The molecule has 6 nitrogen and oxygen atoms in total. The van der Waals surface area contributed by atoms with Gasteiger partial charge in [0.15, 0.2) is 0 Å². The SMILES string of the molecule is O=C(Nc1ccc(N2CCNC2=O)cc1)[C@@H]1CCCNC1. The minimum absolute atomic E-state index is 0.0442. The summed E-state index contributed by atoms with van der Waals surface area (Å²) in [4.78, 5) is 25.4. The monoisotopic (exact) mass is 288 g/mol. The number of nitrogens with zero attached hydrogens (tertiary/aromatic N) is 1. The zero-order valence-corrected chi connectivity index (χ0v) is 11.9. The number of urea groups is 1. The minimum atomic E-state index is -0.0694. The number of benzene rings is 1. The van der Waals surface area contributed by atoms with Gasteiger partial charge in [-0.25, -0.2) is 4.79 Å². The lowest BCUT2D eigenvalue weighted by Gasteiger charge is -2.22. The van der Waals surface area contributed by atoms with E-state index in [1.807, 2.05) is 24.3 Å². The number of hydrogen-bond acceptors (Lipinski definition) is 3. The normalized spacial score (nSPS) is 22.0. The van der Waals surface area contributed by atoms with Crippen molar-refractivity contribution in [2.24, 2.45) is 5.92 Å². The van der Waals surface area contributed by atoms with Crippen LogP contribution in [0.15, 0.2) is 24.3 Å². The maximum absolute atomic E-state index is 12.1. The molecule has 0 unspecified atom stereocenters. The molecular formula is C15H20N4O2. The Morgan fingerprint density at radius 2 is 2.05 bits per heavy atom. The second-order valence-electron chi connectivity index (χ2n) is 5.46. The third kappa shape index (κ3) is 3.16. The van der Waals surface area contributed by atoms with Crippen molar-refractivity contribution in [3.8, 4) is 0 Å². The summed E-state index contributed by atoms with van der Waals surface area (Å²) in [7, 11) is 0. The molecule has 1 aromatic carbocycles. The van der Waals surface area contributed by atoms with Crippen LogP contribution in [0, 0.1) is 5.92 Å². The summed E-state index contributed by atoms with van der Waals surface area (Å²) < 4.78 is 0. The van der Waals surface area contributed by atoms with Gasteiger partial charge in [-0.05, 0) is 43.7 Å². The quantitative estimate of drug-likeness (QED) is 0.781. The van der Waals surface area contributed by atoms with Crippen molar-refractivity contribution in [3.63, 3.8) is 0 Å². The molecule has 2 fully saturated rings. The number of amides is 3. The van der Waals surface area contributed by atoms with Crippen LogP contribution in [0.5, 0.6) is 0 Å². The molecule has 3 rings (SSSR count). The highest BCUT2D eigenvalue weighted by atomic mass is 16.2. The van der Waals surface area contributed by atoms with Crippen LogP contribution in [0.25, 0.3) is 0 Å². The Labute approximate surface area is 123 Å². The number of nitrogens with one attached hydrogen (secondary N) is 3. The van der Waals surface area contributed by atoms with Gasteiger partial charge < -0.3 is 16.0 Å². The molecule has 1 atom stereocenters. The molecule has 0 radical (unpaired) electrons. The van der Waals surface area contributed by atoms with Crippen molar-refractivity contribution in [2.45, 2.75) is 12.8 Å². The number of hydrogen-bond donors (Lipinski definition) is 3. The second-order valence-corrected chi connectivity index (χ2v) is 5.46. The van der Waals surface area contributed by atoms with Crippen molar-refractivity contribution in [2.75, 3.05) is 36.4 Å². The van der Waals surface area contributed by atoms with Gasteiger partial charge in [-0.2, -0.15) is 0 Å². The topological polar surface area (TPSA) is 73.5 Å². The highest BCUT2D eigenvalue weighted by molar-refractivity contribution is 5.95. The predicted octanol–water partition coefficient (Wildman–Crippen LogP) is 1.15. The van der Waals surface area contributed by atoms with E-state index in [1.54, 1.807) is 4.90 Å². The lowest BCUT2D eigenvalue weighted by molar-refractivity contribution is -0.120. The van der Waals surface area contributed by atoms with Crippen LogP contribution in [0.2, 0.25) is 0 Å². The van der Waals surface area contributed by atoms with Gasteiger partial charge in [0.25, 0.3) is 0 Å². The van der Waals surface area contributed by atoms with E-state index >= 15 is 0 Å². The van der Waals surface area contributed by atoms with Gasteiger partial charge in [0.2, 0.25) is 5.91 Å². The van der Waals surface area contributed by atoms with E-state index in [1.165, 1.54) is 0 Å². The first-order valence-electron chi connectivity index (χ1n) is 7.41. The molecule has 0 bridgehead atoms. The summed E-state index contributed by atoms with van der Waals surface area (Å²) in [5, 5.41) is 8.95. The first-order valence-corrected chi connectivity index (χ1v) is 7.41. The molecule has 3 amide bonds. The average molecular weight is 288 g/mol. The van der Waals surface area contributed by atoms with Crippen molar-refractivity contribution < 1.29 is 9.59 Å². The number of anilines is 2. The van der Waals surface area contributed by atoms with E-state index in [0.29, 0.717) is 13.1 Å². The fourth-order valence-electron chi connectivity index (χ4n) is 2.76. The molecule has 1 aromatic rings. The average Bonchev–Trinajstić information content (AvgIpc) is 2.95. The smallest absolute Gasteiger partial charge is 0.321 e. The molecule has 2 saturated heterocycles. The summed E-state index contributed by atoms with van der Waals surface area (Å²) in [6, 6.07) is 7.34. The van der Waals surface area contributed by atoms with E-state index < -0.39 is 0 Å². The van der Waals surface area contributed by atoms with Crippen LogP contribution in [0.3, 0.4) is 0 Å². The van der Waals surface area contributed by atoms with Gasteiger partial charge in [0.1, 0.15) is 0 Å². The van der Waals surface area contributed by atoms with E-state index in [2.05, 4.69) is 16.0 Å². The molecule has 2 heterocycles. The molecule has 3 N–H and O–H groups in total.